The zero-order valence-corrected chi connectivity index (χ0v) is 15.8. The number of nitrogens with zero attached hydrogens (tertiary/aromatic N) is 1. The van der Waals surface area contributed by atoms with Crippen LogP contribution >= 0.6 is 0 Å². The molecule has 1 heterocycles. The molecule has 0 fully saturated rings. The van der Waals surface area contributed by atoms with Gasteiger partial charge in [-0.1, -0.05) is 13.0 Å². The number of fused-ring (bicyclic) bond motifs is 1. The quantitative estimate of drug-likeness (QED) is 0.711. The van der Waals surface area contributed by atoms with Gasteiger partial charge in [0.15, 0.2) is 0 Å². The van der Waals surface area contributed by atoms with Crippen LogP contribution in [0.15, 0.2) is 41.4 Å². The number of anilines is 2. The number of methoxy groups -OCH3 is 1. The second kappa shape index (κ2) is 8.31. The van der Waals surface area contributed by atoms with Crippen molar-refractivity contribution in [2.45, 2.75) is 32.2 Å². The average Bonchev–Trinajstić information content (AvgIpc) is 2.95. The molecule has 0 saturated carbocycles. The SMILES string of the molecule is CCC(COC)Nc1ccc(N=CC2C(=O)Nc3cc(F)ccc32)cc1C. The molecule has 2 aromatic carbocycles. The standard InChI is InChI=1S/C21H24FN3O2/c1-4-15(12-27-3)24-19-8-6-16(9-13(19)2)23-11-18-17-7-5-14(22)10-20(17)25-21(18)26/h5-11,15,18,24H,4,12H2,1-3H3,(H,25,26). The van der Waals surface area contributed by atoms with Crippen LogP contribution in [0.2, 0.25) is 0 Å². The Morgan fingerprint density at radius 2 is 2.15 bits per heavy atom. The third kappa shape index (κ3) is 4.34. The molecule has 0 aliphatic carbocycles. The van der Waals surface area contributed by atoms with Gasteiger partial charge in [0.25, 0.3) is 0 Å². The second-order valence-electron chi connectivity index (χ2n) is 6.68. The Hall–Kier alpha value is -2.73. The molecule has 1 aliphatic heterocycles. The van der Waals surface area contributed by atoms with Crippen molar-refractivity contribution in [3.05, 3.63) is 53.3 Å². The number of halogens is 1. The summed E-state index contributed by atoms with van der Waals surface area (Å²) in [5.74, 6) is -1.08. The first kappa shape index (κ1) is 19.0. The van der Waals surface area contributed by atoms with Gasteiger partial charge in [-0.05, 0) is 54.8 Å². The summed E-state index contributed by atoms with van der Waals surface area (Å²) in [5.41, 5.74) is 4.12. The van der Waals surface area contributed by atoms with Gasteiger partial charge in [0.1, 0.15) is 11.7 Å². The van der Waals surface area contributed by atoms with Gasteiger partial charge in [-0.2, -0.15) is 0 Å². The first-order valence-corrected chi connectivity index (χ1v) is 9.02. The Morgan fingerprint density at radius 3 is 2.85 bits per heavy atom. The minimum Gasteiger partial charge on any atom is -0.383 e. The van der Waals surface area contributed by atoms with Gasteiger partial charge in [0.2, 0.25) is 5.91 Å². The van der Waals surface area contributed by atoms with Crippen LogP contribution in [0.25, 0.3) is 0 Å². The third-order valence-corrected chi connectivity index (χ3v) is 4.69. The summed E-state index contributed by atoms with van der Waals surface area (Å²) in [6, 6.07) is 10.4. The summed E-state index contributed by atoms with van der Waals surface area (Å²) < 4.78 is 18.5. The Balaban J connectivity index is 1.75. The van der Waals surface area contributed by atoms with E-state index in [4.69, 9.17) is 4.74 Å². The van der Waals surface area contributed by atoms with Crippen LogP contribution in [0.4, 0.5) is 21.5 Å². The number of hydrogen-bond donors (Lipinski definition) is 2. The number of ether oxygens (including phenoxy) is 1. The fraction of sp³-hybridized carbons (Fsp3) is 0.333. The van der Waals surface area contributed by atoms with E-state index in [1.165, 1.54) is 12.1 Å². The number of rotatable bonds is 7. The number of hydrogen-bond acceptors (Lipinski definition) is 4. The minimum atomic E-state index is -0.509. The van der Waals surface area contributed by atoms with Crippen molar-refractivity contribution < 1.29 is 13.9 Å². The van der Waals surface area contributed by atoms with Gasteiger partial charge in [-0.15, -0.1) is 0 Å². The fourth-order valence-corrected chi connectivity index (χ4v) is 3.14. The molecule has 1 aliphatic rings. The van der Waals surface area contributed by atoms with Gasteiger partial charge in [0.05, 0.1) is 12.3 Å². The van der Waals surface area contributed by atoms with Crippen molar-refractivity contribution in [3.8, 4) is 0 Å². The molecular weight excluding hydrogens is 345 g/mol. The van der Waals surface area contributed by atoms with E-state index in [2.05, 4.69) is 22.5 Å². The highest BCUT2D eigenvalue weighted by Crippen LogP contribution is 2.32. The maximum absolute atomic E-state index is 13.3. The van der Waals surface area contributed by atoms with E-state index in [-0.39, 0.29) is 17.8 Å². The molecule has 0 saturated heterocycles. The maximum Gasteiger partial charge on any atom is 0.237 e. The van der Waals surface area contributed by atoms with E-state index >= 15 is 0 Å². The van der Waals surface area contributed by atoms with Gasteiger partial charge in [-0.25, -0.2) is 4.39 Å². The summed E-state index contributed by atoms with van der Waals surface area (Å²) in [6.45, 7) is 4.77. The summed E-state index contributed by atoms with van der Waals surface area (Å²) >= 11 is 0. The predicted octanol–water partition coefficient (Wildman–Crippen LogP) is 4.41. The molecule has 27 heavy (non-hydrogen) atoms. The zero-order chi connectivity index (χ0) is 19.4. The van der Waals surface area contributed by atoms with Crippen LogP contribution in [0, 0.1) is 12.7 Å². The largest absolute Gasteiger partial charge is 0.383 e. The molecule has 0 aromatic heterocycles. The third-order valence-electron chi connectivity index (χ3n) is 4.69. The molecule has 2 N–H and O–H groups in total. The number of aryl methyl sites for hydroxylation is 1. The number of amides is 1. The minimum absolute atomic E-state index is 0.195. The van der Waals surface area contributed by atoms with Gasteiger partial charge < -0.3 is 15.4 Å². The molecular formula is C21H24FN3O2. The Kier molecular flexibility index (Phi) is 5.86. The first-order valence-electron chi connectivity index (χ1n) is 9.02. The normalized spacial score (nSPS) is 17.0. The maximum atomic E-state index is 13.3. The molecule has 6 heteroatoms. The lowest BCUT2D eigenvalue weighted by Crippen LogP contribution is -2.24. The van der Waals surface area contributed by atoms with Crippen LogP contribution in [0.3, 0.4) is 0 Å². The molecule has 0 bridgehead atoms. The fourth-order valence-electron chi connectivity index (χ4n) is 3.14. The van der Waals surface area contributed by atoms with Crippen LogP contribution in [-0.4, -0.2) is 31.9 Å². The van der Waals surface area contributed by atoms with Crippen molar-refractivity contribution >= 4 is 29.2 Å². The van der Waals surface area contributed by atoms with Crippen molar-refractivity contribution in [2.24, 2.45) is 4.99 Å². The average molecular weight is 369 g/mol. The summed E-state index contributed by atoms with van der Waals surface area (Å²) in [6.07, 6.45) is 2.57. The van der Waals surface area contributed by atoms with E-state index < -0.39 is 5.92 Å². The predicted molar refractivity (Wildman–Crippen MR) is 107 cm³/mol. The van der Waals surface area contributed by atoms with E-state index in [0.717, 1.165) is 28.9 Å². The smallest absolute Gasteiger partial charge is 0.237 e. The molecule has 3 rings (SSSR count). The Bertz CT molecular complexity index is 867. The van der Waals surface area contributed by atoms with Crippen molar-refractivity contribution in [2.75, 3.05) is 24.4 Å². The molecule has 2 atom stereocenters. The van der Waals surface area contributed by atoms with Crippen LogP contribution in [-0.2, 0) is 9.53 Å². The Labute approximate surface area is 158 Å². The highest BCUT2D eigenvalue weighted by molar-refractivity contribution is 6.12. The number of benzene rings is 2. The monoisotopic (exact) mass is 369 g/mol. The lowest BCUT2D eigenvalue weighted by atomic mass is 10.0. The topological polar surface area (TPSA) is 62.7 Å². The lowest BCUT2D eigenvalue weighted by molar-refractivity contribution is -0.115. The Morgan fingerprint density at radius 1 is 1.33 bits per heavy atom. The van der Waals surface area contributed by atoms with Crippen LogP contribution < -0.4 is 10.6 Å². The number of carbonyl (C=O) groups is 1. The molecule has 0 spiro atoms. The lowest BCUT2D eigenvalue weighted by Gasteiger charge is -2.19. The van der Waals surface area contributed by atoms with Crippen molar-refractivity contribution in [3.63, 3.8) is 0 Å². The second-order valence-corrected chi connectivity index (χ2v) is 6.68. The van der Waals surface area contributed by atoms with E-state index in [1.54, 1.807) is 19.4 Å². The molecule has 0 radical (unpaired) electrons. The summed E-state index contributed by atoms with van der Waals surface area (Å²) in [5, 5.41) is 6.16. The van der Waals surface area contributed by atoms with Crippen molar-refractivity contribution in [1.82, 2.24) is 0 Å². The van der Waals surface area contributed by atoms with Gasteiger partial charge in [0, 0.05) is 30.7 Å². The number of aliphatic imine (C=N–C) groups is 1. The van der Waals surface area contributed by atoms with Crippen LogP contribution in [0.5, 0.6) is 0 Å². The van der Waals surface area contributed by atoms with Gasteiger partial charge in [-0.3, -0.25) is 9.79 Å². The van der Waals surface area contributed by atoms with Crippen molar-refractivity contribution in [1.29, 1.82) is 0 Å². The van der Waals surface area contributed by atoms with E-state index in [1.807, 2.05) is 25.1 Å². The summed E-state index contributed by atoms with van der Waals surface area (Å²) in [4.78, 5) is 16.6. The molecule has 2 unspecified atom stereocenters. The van der Waals surface area contributed by atoms with E-state index in [0.29, 0.717) is 12.3 Å². The highest BCUT2D eigenvalue weighted by atomic mass is 19.1. The molecule has 1 amide bonds. The molecule has 142 valence electrons. The zero-order valence-electron chi connectivity index (χ0n) is 15.8. The highest BCUT2D eigenvalue weighted by Gasteiger charge is 2.29. The van der Waals surface area contributed by atoms with Crippen LogP contribution in [0.1, 0.15) is 30.4 Å². The first-order chi connectivity index (χ1) is 13.0. The van der Waals surface area contributed by atoms with E-state index in [9.17, 15) is 9.18 Å². The van der Waals surface area contributed by atoms with Gasteiger partial charge >= 0.3 is 0 Å². The summed E-state index contributed by atoms with van der Waals surface area (Å²) in [7, 11) is 1.70. The number of nitrogens with one attached hydrogen (secondary N) is 2. The number of carbonyl (C=O) groups excluding carboxylic acids is 1. The molecule has 5 nitrogen and oxygen atoms in total. The molecule has 2 aromatic rings.